The molecule has 0 spiro atoms. The maximum atomic E-state index is 12.5. The fraction of sp³-hybridized carbons (Fsp3) is 0.692. The maximum absolute atomic E-state index is 12.5. The number of aliphatic carboxylic acids is 1. The lowest BCUT2D eigenvalue weighted by atomic mass is 9.93. The van der Waals surface area contributed by atoms with Crippen molar-refractivity contribution in [1.29, 1.82) is 0 Å². The summed E-state index contributed by atoms with van der Waals surface area (Å²) in [5.74, 6) is -1.01. The van der Waals surface area contributed by atoms with Gasteiger partial charge < -0.3 is 5.11 Å². The van der Waals surface area contributed by atoms with Crippen LogP contribution >= 0.6 is 0 Å². The number of nitrogens with one attached hydrogen (secondary N) is 1. The van der Waals surface area contributed by atoms with Gasteiger partial charge in [-0.25, -0.2) is 0 Å². The Kier molecular flexibility index (Phi) is 4.01. The van der Waals surface area contributed by atoms with E-state index < -0.39 is 29.4 Å². The molecule has 0 radical (unpaired) electrons. The molecule has 0 amide bonds. The minimum atomic E-state index is -4.49. The number of nitrogens with zero attached hydrogens (tertiary/aromatic N) is 2. The average molecular weight is 305 g/mol. The number of carboxylic acids is 1. The number of alkyl halides is 3. The third kappa shape index (κ3) is 3.75. The van der Waals surface area contributed by atoms with Gasteiger partial charge in [-0.05, 0) is 39.2 Å². The van der Waals surface area contributed by atoms with E-state index in [1.807, 2.05) is 0 Å². The van der Waals surface area contributed by atoms with Gasteiger partial charge in [0.25, 0.3) is 0 Å². The van der Waals surface area contributed by atoms with Crippen LogP contribution in [0.1, 0.15) is 44.8 Å². The van der Waals surface area contributed by atoms with Gasteiger partial charge in [0.2, 0.25) is 0 Å². The second-order valence-corrected chi connectivity index (χ2v) is 5.79. The molecule has 2 N–H and O–H groups in total. The predicted octanol–water partition coefficient (Wildman–Crippen LogP) is 2.45. The standard InChI is InChI=1S/C13H18F3N3O2/c1-8(19-6-5-10(18-19)13(14,15)16)7-12(2,11(20)21)17-9-3-4-9/h5-6,8-9,17H,3-4,7H2,1-2H3,(H,20,21). The van der Waals surface area contributed by atoms with Crippen LogP contribution in [0, 0.1) is 0 Å². The van der Waals surface area contributed by atoms with Gasteiger partial charge in [0.05, 0.1) is 6.04 Å². The lowest BCUT2D eigenvalue weighted by Crippen LogP contribution is -2.51. The van der Waals surface area contributed by atoms with Crippen molar-refractivity contribution in [3.05, 3.63) is 18.0 Å². The fourth-order valence-electron chi connectivity index (χ4n) is 2.31. The Balaban J connectivity index is 2.09. The smallest absolute Gasteiger partial charge is 0.435 e. The van der Waals surface area contributed by atoms with Crippen LogP contribution in [0.4, 0.5) is 13.2 Å². The Morgan fingerprint density at radius 2 is 2.19 bits per heavy atom. The molecule has 1 fully saturated rings. The van der Waals surface area contributed by atoms with Gasteiger partial charge >= 0.3 is 12.1 Å². The molecule has 2 rings (SSSR count). The van der Waals surface area contributed by atoms with E-state index in [1.54, 1.807) is 13.8 Å². The minimum absolute atomic E-state index is 0.151. The van der Waals surface area contributed by atoms with Gasteiger partial charge in [-0.15, -0.1) is 0 Å². The highest BCUT2D eigenvalue weighted by Crippen LogP contribution is 2.30. The predicted molar refractivity (Wildman–Crippen MR) is 68.8 cm³/mol. The number of carboxylic acid groups (broad SMARTS) is 1. The molecule has 1 heterocycles. The minimum Gasteiger partial charge on any atom is -0.480 e. The first-order valence-corrected chi connectivity index (χ1v) is 6.75. The van der Waals surface area contributed by atoms with E-state index in [1.165, 1.54) is 10.9 Å². The molecule has 21 heavy (non-hydrogen) atoms. The molecule has 0 aliphatic heterocycles. The third-order valence-electron chi connectivity index (χ3n) is 3.63. The van der Waals surface area contributed by atoms with E-state index >= 15 is 0 Å². The molecule has 1 aromatic rings. The summed E-state index contributed by atoms with van der Waals surface area (Å²) in [6.45, 7) is 3.21. The molecule has 2 atom stereocenters. The molecule has 118 valence electrons. The van der Waals surface area contributed by atoms with Crippen molar-refractivity contribution in [3.63, 3.8) is 0 Å². The summed E-state index contributed by atoms with van der Waals surface area (Å²) >= 11 is 0. The number of halogens is 3. The summed E-state index contributed by atoms with van der Waals surface area (Å²) in [6.07, 6.45) is -1.26. The van der Waals surface area contributed by atoms with Crippen LogP contribution in [-0.4, -0.2) is 32.4 Å². The van der Waals surface area contributed by atoms with Crippen molar-refractivity contribution in [3.8, 4) is 0 Å². The van der Waals surface area contributed by atoms with E-state index in [2.05, 4.69) is 10.4 Å². The van der Waals surface area contributed by atoms with Crippen molar-refractivity contribution < 1.29 is 23.1 Å². The Morgan fingerprint density at radius 3 is 2.62 bits per heavy atom. The largest absolute Gasteiger partial charge is 0.480 e. The highest BCUT2D eigenvalue weighted by molar-refractivity contribution is 5.78. The van der Waals surface area contributed by atoms with Crippen LogP contribution < -0.4 is 5.32 Å². The Labute approximate surface area is 120 Å². The number of hydrogen-bond donors (Lipinski definition) is 2. The molecule has 0 aromatic carbocycles. The molecule has 2 unspecified atom stereocenters. The van der Waals surface area contributed by atoms with E-state index in [9.17, 15) is 23.1 Å². The second kappa shape index (κ2) is 5.32. The topological polar surface area (TPSA) is 67.2 Å². The van der Waals surface area contributed by atoms with Crippen LogP contribution in [0.3, 0.4) is 0 Å². The molecular weight excluding hydrogens is 287 g/mol. The van der Waals surface area contributed by atoms with Gasteiger partial charge in [-0.1, -0.05) is 0 Å². The molecule has 8 heteroatoms. The molecule has 0 bridgehead atoms. The van der Waals surface area contributed by atoms with Crippen molar-refractivity contribution >= 4 is 5.97 Å². The highest BCUT2D eigenvalue weighted by atomic mass is 19.4. The van der Waals surface area contributed by atoms with Crippen LogP contribution in [-0.2, 0) is 11.0 Å². The van der Waals surface area contributed by atoms with Gasteiger partial charge in [0, 0.05) is 12.2 Å². The summed E-state index contributed by atoms with van der Waals surface area (Å²) in [5, 5.41) is 15.9. The maximum Gasteiger partial charge on any atom is 0.435 e. The lowest BCUT2D eigenvalue weighted by Gasteiger charge is -2.29. The van der Waals surface area contributed by atoms with E-state index in [0.29, 0.717) is 0 Å². The van der Waals surface area contributed by atoms with Gasteiger partial charge in [-0.3, -0.25) is 14.8 Å². The summed E-state index contributed by atoms with van der Waals surface area (Å²) in [5.41, 5.74) is -2.15. The van der Waals surface area contributed by atoms with Gasteiger partial charge in [0.1, 0.15) is 5.54 Å². The van der Waals surface area contributed by atoms with Crippen molar-refractivity contribution in [1.82, 2.24) is 15.1 Å². The molecular formula is C13H18F3N3O2. The zero-order valence-electron chi connectivity index (χ0n) is 11.8. The van der Waals surface area contributed by atoms with Crippen LogP contribution in [0.15, 0.2) is 12.3 Å². The van der Waals surface area contributed by atoms with E-state index in [4.69, 9.17) is 0 Å². The summed E-state index contributed by atoms with van der Waals surface area (Å²) in [4.78, 5) is 11.4. The molecule has 1 saturated carbocycles. The van der Waals surface area contributed by atoms with E-state index in [-0.39, 0.29) is 12.5 Å². The van der Waals surface area contributed by atoms with Crippen LogP contribution in [0.25, 0.3) is 0 Å². The summed E-state index contributed by atoms with van der Waals surface area (Å²) in [6, 6.07) is 0.609. The zero-order valence-corrected chi connectivity index (χ0v) is 11.8. The molecule has 1 aliphatic rings. The van der Waals surface area contributed by atoms with Crippen LogP contribution in [0.5, 0.6) is 0 Å². The van der Waals surface area contributed by atoms with E-state index in [0.717, 1.165) is 18.9 Å². The SMILES string of the molecule is CC(CC(C)(NC1CC1)C(=O)O)n1ccc(C(F)(F)F)n1. The molecule has 0 saturated heterocycles. The highest BCUT2D eigenvalue weighted by Gasteiger charge is 2.40. The second-order valence-electron chi connectivity index (χ2n) is 5.79. The quantitative estimate of drug-likeness (QED) is 0.847. The number of carbonyl (C=O) groups is 1. The zero-order chi connectivity index (χ0) is 15.8. The average Bonchev–Trinajstić information content (AvgIpc) is 2.99. The monoisotopic (exact) mass is 305 g/mol. The Bertz CT molecular complexity index is 525. The Hall–Kier alpha value is -1.57. The first-order valence-electron chi connectivity index (χ1n) is 6.75. The van der Waals surface area contributed by atoms with Crippen molar-refractivity contribution in [2.24, 2.45) is 0 Å². The number of rotatable bonds is 6. The first-order chi connectivity index (χ1) is 9.62. The third-order valence-corrected chi connectivity index (χ3v) is 3.63. The first kappa shape index (κ1) is 15.8. The van der Waals surface area contributed by atoms with Crippen molar-refractivity contribution in [2.45, 2.75) is 56.9 Å². The normalized spacial score (nSPS) is 20.0. The van der Waals surface area contributed by atoms with Gasteiger partial charge in [-0.2, -0.15) is 18.3 Å². The summed E-state index contributed by atoms with van der Waals surface area (Å²) in [7, 11) is 0. The summed E-state index contributed by atoms with van der Waals surface area (Å²) < 4.78 is 38.8. The lowest BCUT2D eigenvalue weighted by molar-refractivity contribution is -0.145. The number of hydrogen-bond acceptors (Lipinski definition) is 3. The molecule has 1 aromatic heterocycles. The number of aromatic nitrogens is 2. The molecule has 5 nitrogen and oxygen atoms in total. The van der Waals surface area contributed by atoms with Gasteiger partial charge in [0.15, 0.2) is 5.69 Å². The fourth-order valence-corrected chi connectivity index (χ4v) is 2.31. The molecule has 1 aliphatic carbocycles. The Morgan fingerprint density at radius 1 is 1.57 bits per heavy atom. The van der Waals surface area contributed by atoms with Crippen LogP contribution in [0.2, 0.25) is 0 Å². The van der Waals surface area contributed by atoms with Crippen molar-refractivity contribution in [2.75, 3.05) is 0 Å².